The number of hydrogen-bond donors (Lipinski definition) is 1. The van der Waals surface area contributed by atoms with Crippen molar-refractivity contribution in [2.75, 3.05) is 7.11 Å². The van der Waals surface area contributed by atoms with Gasteiger partial charge in [-0.05, 0) is 76.3 Å². The van der Waals surface area contributed by atoms with Gasteiger partial charge in [0, 0.05) is 5.57 Å². The van der Waals surface area contributed by atoms with E-state index in [1.54, 1.807) is 20.8 Å². The second-order valence-corrected chi connectivity index (χ2v) is 9.74. The minimum Gasteiger partial charge on any atom is -0.464 e. The second-order valence-electron chi connectivity index (χ2n) is 9.74. The lowest BCUT2D eigenvalue weighted by Gasteiger charge is -2.22. The first-order valence-electron chi connectivity index (χ1n) is 11.8. The van der Waals surface area contributed by atoms with Gasteiger partial charge in [0.05, 0.1) is 7.11 Å². The topological polar surface area (TPSA) is 64.6 Å². The van der Waals surface area contributed by atoms with Gasteiger partial charge in [-0.25, -0.2) is 9.59 Å². The van der Waals surface area contributed by atoms with Crippen molar-refractivity contribution in [1.82, 2.24) is 5.32 Å². The molecular formula is C31H27NO4. The van der Waals surface area contributed by atoms with Gasteiger partial charge in [0.2, 0.25) is 0 Å². The Morgan fingerprint density at radius 1 is 0.694 bits per heavy atom. The predicted octanol–water partition coefficient (Wildman–Crippen LogP) is 7.04. The summed E-state index contributed by atoms with van der Waals surface area (Å²) in [6, 6.07) is 28.3. The first kappa shape index (κ1) is 23.4. The Hall–Kier alpha value is -4.38. The van der Waals surface area contributed by atoms with Gasteiger partial charge in [-0.3, -0.25) is 5.32 Å². The van der Waals surface area contributed by atoms with Crippen LogP contribution in [0.4, 0.5) is 4.79 Å². The van der Waals surface area contributed by atoms with Crippen LogP contribution in [0.2, 0.25) is 0 Å². The SMILES string of the molecule is COC(=O)/C(NC(=O)OC(C)(C)C)=C(\c1ccccc1)c1cc2ccc3cccc4ccc(c1)c2c34. The zero-order valence-electron chi connectivity index (χ0n) is 20.7. The summed E-state index contributed by atoms with van der Waals surface area (Å²) in [5.74, 6) is -0.662. The van der Waals surface area contributed by atoms with Crippen LogP contribution in [-0.4, -0.2) is 24.8 Å². The summed E-state index contributed by atoms with van der Waals surface area (Å²) in [7, 11) is 1.29. The Balaban J connectivity index is 1.78. The number of amides is 1. The second kappa shape index (κ2) is 9.00. The Kier molecular flexibility index (Phi) is 5.84. The van der Waals surface area contributed by atoms with Crippen LogP contribution in [0.25, 0.3) is 37.9 Å². The lowest BCUT2D eigenvalue weighted by atomic mass is 9.89. The van der Waals surface area contributed by atoms with E-state index in [9.17, 15) is 9.59 Å². The van der Waals surface area contributed by atoms with E-state index in [0.29, 0.717) is 5.57 Å². The highest BCUT2D eigenvalue weighted by Crippen LogP contribution is 2.38. The molecule has 0 atom stereocenters. The summed E-state index contributed by atoms with van der Waals surface area (Å²) in [6.07, 6.45) is -0.728. The first-order chi connectivity index (χ1) is 17.2. The normalized spacial score (nSPS) is 12.6. The number of rotatable bonds is 4. The van der Waals surface area contributed by atoms with E-state index < -0.39 is 17.7 Å². The lowest BCUT2D eigenvalue weighted by molar-refractivity contribution is -0.136. The molecule has 0 aromatic heterocycles. The number of esters is 1. The molecule has 5 nitrogen and oxygen atoms in total. The molecule has 0 aliphatic carbocycles. The fraction of sp³-hybridized carbons (Fsp3) is 0.161. The zero-order valence-corrected chi connectivity index (χ0v) is 20.7. The molecule has 0 bridgehead atoms. The van der Waals surface area contributed by atoms with Crippen molar-refractivity contribution < 1.29 is 19.1 Å². The maximum Gasteiger partial charge on any atom is 0.412 e. The van der Waals surface area contributed by atoms with Gasteiger partial charge < -0.3 is 9.47 Å². The molecule has 36 heavy (non-hydrogen) atoms. The van der Waals surface area contributed by atoms with E-state index in [0.717, 1.165) is 21.9 Å². The molecule has 0 radical (unpaired) electrons. The number of carbonyl (C=O) groups is 2. The summed E-state index contributed by atoms with van der Waals surface area (Å²) in [5.41, 5.74) is 1.39. The number of benzene rings is 5. The molecule has 0 unspecified atom stereocenters. The van der Waals surface area contributed by atoms with E-state index in [4.69, 9.17) is 9.47 Å². The molecule has 0 fully saturated rings. The third-order valence-corrected chi connectivity index (χ3v) is 6.08. The van der Waals surface area contributed by atoms with Gasteiger partial charge in [0.15, 0.2) is 0 Å². The van der Waals surface area contributed by atoms with Gasteiger partial charge >= 0.3 is 12.1 Å². The summed E-state index contributed by atoms with van der Waals surface area (Å²) in [5, 5.41) is 9.50. The summed E-state index contributed by atoms with van der Waals surface area (Å²) < 4.78 is 10.6. The molecular weight excluding hydrogens is 450 g/mol. The molecule has 0 saturated carbocycles. The molecule has 0 aliphatic rings. The van der Waals surface area contributed by atoms with Crippen molar-refractivity contribution in [3.05, 3.63) is 102 Å². The van der Waals surface area contributed by atoms with E-state index in [2.05, 4.69) is 59.9 Å². The Labute approximate surface area is 209 Å². The monoisotopic (exact) mass is 477 g/mol. The number of ether oxygens (including phenoxy) is 2. The number of alkyl carbamates (subject to hydrolysis) is 1. The number of methoxy groups -OCH3 is 1. The lowest BCUT2D eigenvalue weighted by Crippen LogP contribution is -2.35. The maximum atomic E-state index is 13.0. The Bertz CT molecular complexity index is 1560. The van der Waals surface area contributed by atoms with E-state index in [1.165, 1.54) is 28.7 Å². The highest BCUT2D eigenvalue weighted by atomic mass is 16.6. The molecule has 5 heteroatoms. The number of carbonyl (C=O) groups excluding carboxylic acids is 2. The van der Waals surface area contributed by atoms with Crippen molar-refractivity contribution in [1.29, 1.82) is 0 Å². The molecule has 0 saturated heterocycles. The maximum absolute atomic E-state index is 13.0. The van der Waals surface area contributed by atoms with Crippen molar-refractivity contribution in [3.8, 4) is 0 Å². The van der Waals surface area contributed by atoms with Gasteiger partial charge in [-0.2, -0.15) is 0 Å². The summed E-state index contributed by atoms with van der Waals surface area (Å²) >= 11 is 0. The first-order valence-corrected chi connectivity index (χ1v) is 11.8. The summed E-state index contributed by atoms with van der Waals surface area (Å²) in [6.45, 7) is 5.31. The molecule has 0 heterocycles. The van der Waals surface area contributed by atoms with Gasteiger partial charge in [0.25, 0.3) is 0 Å². The highest BCUT2D eigenvalue weighted by Gasteiger charge is 2.25. The summed E-state index contributed by atoms with van der Waals surface area (Å²) in [4.78, 5) is 25.8. The fourth-order valence-corrected chi connectivity index (χ4v) is 4.68. The quantitative estimate of drug-likeness (QED) is 0.171. The Morgan fingerprint density at radius 2 is 1.25 bits per heavy atom. The van der Waals surface area contributed by atoms with Gasteiger partial charge in [0.1, 0.15) is 11.3 Å². The molecule has 1 N–H and O–H groups in total. The van der Waals surface area contributed by atoms with E-state index in [-0.39, 0.29) is 5.70 Å². The highest BCUT2D eigenvalue weighted by molar-refractivity contribution is 6.23. The third-order valence-electron chi connectivity index (χ3n) is 6.08. The van der Waals surface area contributed by atoms with Crippen LogP contribution < -0.4 is 5.32 Å². The van der Waals surface area contributed by atoms with Gasteiger partial charge in [-0.1, -0.05) is 72.8 Å². The van der Waals surface area contributed by atoms with Crippen molar-refractivity contribution in [2.24, 2.45) is 0 Å². The van der Waals surface area contributed by atoms with Crippen molar-refractivity contribution in [2.45, 2.75) is 26.4 Å². The average molecular weight is 478 g/mol. The number of hydrogen-bond acceptors (Lipinski definition) is 4. The molecule has 1 amide bonds. The van der Waals surface area contributed by atoms with Crippen LogP contribution in [0.15, 0.2) is 90.6 Å². The van der Waals surface area contributed by atoms with Crippen LogP contribution >= 0.6 is 0 Å². The molecule has 180 valence electrons. The average Bonchev–Trinajstić information content (AvgIpc) is 2.86. The smallest absolute Gasteiger partial charge is 0.412 e. The standard InChI is InChI=1S/C31H27NO4/c1-31(2,3)36-30(34)32-28(29(33)35-4)27(19-9-6-5-7-10-19)24-17-22-15-13-20-11-8-12-21-14-16-23(18-24)26(22)25(20)21/h5-18H,1-4H3,(H,32,34)/b28-27-. The molecule has 5 rings (SSSR count). The largest absolute Gasteiger partial charge is 0.464 e. The minimum atomic E-state index is -0.728. The molecule has 5 aromatic carbocycles. The van der Waals surface area contributed by atoms with E-state index >= 15 is 0 Å². The van der Waals surface area contributed by atoms with Crippen molar-refractivity contribution in [3.63, 3.8) is 0 Å². The zero-order chi connectivity index (χ0) is 25.4. The Morgan fingerprint density at radius 3 is 1.81 bits per heavy atom. The van der Waals surface area contributed by atoms with Gasteiger partial charge in [-0.15, -0.1) is 0 Å². The molecule has 0 spiro atoms. The van der Waals surface area contributed by atoms with Crippen LogP contribution in [-0.2, 0) is 14.3 Å². The van der Waals surface area contributed by atoms with Crippen LogP contribution in [0.1, 0.15) is 31.9 Å². The molecule has 0 aliphatic heterocycles. The predicted molar refractivity (Wildman–Crippen MR) is 144 cm³/mol. The molecule has 5 aromatic rings. The van der Waals surface area contributed by atoms with Crippen LogP contribution in [0.5, 0.6) is 0 Å². The number of nitrogens with one attached hydrogen (secondary N) is 1. The van der Waals surface area contributed by atoms with E-state index in [1.807, 2.05) is 30.3 Å². The fourth-order valence-electron chi connectivity index (χ4n) is 4.68. The minimum absolute atomic E-state index is 0.0192. The van der Waals surface area contributed by atoms with Crippen LogP contribution in [0.3, 0.4) is 0 Å². The third kappa shape index (κ3) is 4.36. The van der Waals surface area contributed by atoms with Crippen molar-refractivity contribution >= 4 is 50.0 Å². The van der Waals surface area contributed by atoms with Crippen LogP contribution in [0, 0.1) is 0 Å².